The van der Waals surface area contributed by atoms with Crippen molar-refractivity contribution in [1.82, 2.24) is 0 Å². The number of halogens is 3. The van der Waals surface area contributed by atoms with Gasteiger partial charge in [-0.1, -0.05) is 36.9 Å². The second kappa shape index (κ2) is 6.60. The van der Waals surface area contributed by atoms with Crippen LogP contribution in [-0.2, 0) is 0 Å². The zero-order chi connectivity index (χ0) is 12.4. The molecule has 0 aliphatic heterocycles. The molecule has 0 bridgehead atoms. The molecule has 3 N–H and O–H groups in total. The summed E-state index contributed by atoms with van der Waals surface area (Å²) in [6, 6.07) is 2.55. The van der Waals surface area contributed by atoms with Gasteiger partial charge in [0.2, 0.25) is 0 Å². The average molecular weight is 294 g/mol. The highest BCUT2D eigenvalue weighted by Gasteiger charge is 2.25. The lowest BCUT2D eigenvalue weighted by Gasteiger charge is -2.28. The number of phenols is 1. The van der Waals surface area contributed by atoms with E-state index in [4.69, 9.17) is 17.3 Å². The minimum Gasteiger partial charge on any atom is -0.506 e. The van der Waals surface area contributed by atoms with Gasteiger partial charge in [-0.2, -0.15) is 0 Å². The number of hydrogen-bond acceptors (Lipinski definition) is 2. The van der Waals surface area contributed by atoms with Crippen LogP contribution in [0.15, 0.2) is 12.1 Å². The molecule has 1 saturated carbocycles. The van der Waals surface area contributed by atoms with E-state index in [1.165, 1.54) is 31.4 Å². The fourth-order valence-electron chi connectivity index (χ4n) is 2.57. The molecule has 1 atom stereocenters. The van der Waals surface area contributed by atoms with E-state index >= 15 is 0 Å². The molecule has 0 amide bonds. The van der Waals surface area contributed by atoms with Gasteiger partial charge >= 0.3 is 0 Å². The topological polar surface area (TPSA) is 46.2 Å². The van der Waals surface area contributed by atoms with Crippen molar-refractivity contribution < 1.29 is 9.50 Å². The standard InChI is InChI=1S/C13H17ClFNO.ClH/c14-11-10(15)7-6-9(13(11)17)12(16)8-4-2-1-3-5-8;/h6-8,12,17H,1-5,16H2;1H/t12-;/m0./s1. The van der Waals surface area contributed by atoms with Gasteiger partial charge in [-0.25, -0.2) is 4.39 Å². The van der Waals surface area contributed by atoms with E-state index in [9.17, 15) is 9.50 Å². The van der Waals surface area contributed by atoms with Gasteiger partial charge in [0, 0.05) is 11.6 Å². The van der Waals surface area contributed by atoms with Crippen molar-refractivity contribution in [3.63, 3.8) is 0 Å². The molecule has 0 radical (unpaired) electrons. The predicted molar refractivity (Wildman–Crippen MR) is 73.8 cm³/mol. The van der Waals surface area contributed by atoms with E-state index in [1.807, 2.05) is 0 Å². The van der Waals surface area contributed by atoms with Crippen LogP contribution in [0.2, 0.25) is 5.02 Å². The maximum Gasteiger partial charge on any atom is 0.145 e. The fourth-order valence-corrected chi connectivity index (χ4v) is 2.74. The molecule has 5 heteroatoms. The third-order valence-electron chi connectivity index (χ3n) is 3.62. The minimum absolute atomic E-state index is 0. The lowest BCUT2D eigenvalue weighted by atomic mass is 9.81. The second-order valence-corrected chi connectivity index (χ2v) is 5.10. The SMILES string of the molecule is Cl.N[C@H](c1ccc(F)c(Cl)c1O)C1CCCCC1. The van der Waals surface area contributed by atoms with E-state index in [-0.39, 0.29) is 29.2 Å². The Balaban J connectivity index is 0.00000162. The van der Waals surface area contributed by atoms with Gasteiger partial charge in [0.25, 0.3) is 0 Å². The highest BCUT2D eigenvalue weighted by Crippen LogP contribution is 2.39. The highest BCUT2D eigenvalue weighted by molar-refractivity contribution is 6.32. The zero-order valence-electron chi connectivity index (χ0n) is 10.0. The molecule has 2 nitrogen and oxygen atoms in total. The molecule has 2 rings (SSSR count). The largest absolute Gasteiger partial charge is 0.506 e. The van der Waals surface area contributed by atoms with Gasteiger partial charge < -0.3 is 10.8 Å². The number of benzene rings is 1. The summed E-state index contributed by atoms with van der Waals surface area (Å²) in [4.78, 5) is 0. The number of hydrogen-bond donors (Lipinski definition) is 2. The Morgan fingerprint density at radius 2 is 1.89 bits per heavy atom. The molecule has 0 spiro atoms. The molecule has 0 unspecified atom stereocenters. The molecule has 0 saturated heterocycles. The summed E-state index contributed by atoms with van der Waals surface area (Å²) >= 11 is 5.69. The van der Waals surface area contributed by atoms with E-state index in [2.05, 4.69) is 0 Å². The van der Waals surface area contributed by atoms with Crippen LogP contribution in [0.5, 0.6) is 5.75 Å². The molecule has 1 aliphatic rings. The summed E-state index contributed by atoms with van der Waals surface area (Å²) in [5, 5.41) is 9.60. The molecule has 18 heavy (non-hydrogen) atoms. The summed E-state index contributed by atoms with van der Waals surface area (Å²) in [7, 11) is 0. The molecular formula is C13H18Cl2FNO. The first-order chi connectivity index (χ1) is 8.11. The average Bonchev–Trinajstić information content (AvgIpc) is 2.36. The van der Waals surface area contributed by atoms with Crippen LogP contribution < -0.4 is 5.73 Å². The zero-order valence-corrected chi connectivity index (χ0v) is 11.6. The van der Waals surface area contributed by atoms with Gasteiger partial charge in [-0.15, -0.1) is 12.4 Å². The Morgan fingerprint density at radius 3 is 2.50 bits per heavy atom. The van der Waals surface area contributed by atoms with Crippen molar-refractivity contribution in [2.75, 3.05) is 0 Å². The molecule has 1 fully saturated rings. The van der Waals surface area contributed by atoms with Gasteiger partial charge in [-0.3, -0.25) is 0 Å². The maximum atomic E-state index is 13.1. The van der Waals surface area contributed by atoms with Crippen LogP contribution in [-0.4, -0.2) is 5.11 Å². The third-order valence-corrected chi connectivity index (χ3v) is 3.98. The number of nitrogens with two attached hydrogens (primary N) is 1. The third kappa shape index (κ3) is 3.08. The summed E-state index contributed by atoms with van der Waals surface area (Å²) < 4.78 is 13.1. The number of phenolic OH excluding ortho intramolecular Hbond substituents is 1. The van der Waals surface area contributed by atoms with Crippen LogP contribution >= 0.6 is 24.0 Å². The molecule has 1 aromatic carbocycles. The molecular weight excluding hydrogens is 276 g/mol. The first-order valence-electron chi connectivity index (χ1n) is 6.03. The van der Waals surface area contributed by atoms with Crippen molar-refractivity contribution >= 4 is 24.0 Å². The Morgan fingerprint density at radius 1 is 1.28 bits per heavy atom. The Bertz CT molecular complexity index is 408. The number of aromatic hydroxyl groups is 1. The normalized spacial score (nSPS) is 18.2. The number of rotatable bonds is 2. The Kier molecular flexibility index (Phi) is 5.70. The first-order valence-corrected chi connectivity index (χ1v) is 6.41. The van der Waals surface area contributed by atoms with Crippen molar-refractivity contribution in [2.45, 2.75) is 38.1 Å². The summed E-state index contributed by atoms with van der Waals surface area (Å²) in [5.41, 5.74) is 6.71. The van der Waals surface area contributed by atoms with Gasteiger partial charge in [0.05, 0.1) is 0 Å². The predicted octanol–water partition coefficient (Wildman–Crippen LogP) is 4.19. The molecule has 1 aromatic rings. The van der Waals surface area contributed by atoms with Crippen molar-refractivity contribution in [1.29, 1.82) is 0 Å². The molecule has 1 aliphatic carbocycles. The quantitative estimate of drug-likeness (QED) is 0.859. The lowest BCUT2D eigenvalue weighted by molar-refractivity contribution is 0.302. The van der Waals surface area contributed by atoms with Crippen molar-refractivity contribution in [2.24, 2.45) is 11.7 Å². The second-order valence-electron chi connectivity index (χ2n) is 4.72. The Labute approximate surface area is 118 Å². The Hall–Kier alpha value is -0.510. The maximum absolute atomic E-state index is 13.1. The van der Waals surface area contributed by atoms with Crippen LogP contribution in [0, 0.1) is 11.7 Å². The smallest absolute Gasteiger partial charge is 0.145 e. The van der Waals surface area contributed by atoms with Gasteiger partial charge in [-0.05, 0) is 24.8 Å². The van der Waals surface area contributed by atoms with Crippen molar-refractivity contribution in [3.8, 4) is 5.75 Å². The van der Waals surface area contributed by atoms with Gasteiger partial charge in [0.1, 0.15) is 16.6 Å². The van der Waals surface area contributed by atoms with Crippen LogP contribution in [0.1, 0.15) is 43.7 Å². The van der Waals surface area contributed by atoms with Crippen LogP contribution in [0.3, 0.4) is 0 Å². The first kappa shape index (κ1) is 15.5. The van der Waals surface area contributed by atoms with E-state index < -0.39 is 5.82 Å². The highest BCUT2D eigenvalue weighted by atomic mass is 35.5. The van der Waals surface area contributed by atoms with E-state index in [0.29, 0.717) is 11.5 Å². The fraction of sp³-hybridized carbons (Fsp3) is 0.538. The van der Waals surface area contributed by atoms with Gasteiger partial charge in [0.15, 0.2) is 0 Å². The monoisotopic (exact) mass is 293 g/mol. The molecule has 102 valence electrons. The van der Waals surface area contributed by atoms with E-state index in [0.717, 1.165) is 12.8 Å². The molecule has 0 heterocycles. The lowest BCUT2D eigenvalue weighted by Crippen LogP contribution is -2.23. The molecule has 0 aromatic heterocycles. The summed E-state index contributed by atoms with van der Waals surface area (Å²) in [6.07, 6.45) is 5.73. The van der Waals surface area contributed by atoms with Crippen LogP contribution in [0.4, 0.5) is 4.39 Å². The van der Waals surface area contributed by atoms with Crippen LogP contribution in [0.25, 0.3) is 0 Å². The van der Waals surface area contributed by atoms with E-state index in [1.54, 1.807) is 0 Å². The van der Waals surface area contributed by atoms with Crippen molar-refractivity contribution in [3.05, 3.63) is 28.5 Å². The summed E-state index contributed by atoms with van der Waals surface area (Å²) in [5.74, 6) is -0.454. The minimum atomic E-state index is -0.608. The summed E-state index contributed by atoms with van der Waals surface area (Å²) in [6.45, 7) is 0.